The maximum Gasteiger partial charge on any atom is 0.344 e. The Balaban J connectivity index is 5.24. The van der Waals surface area contributed by atoms with E-state index in [1.54, 1.807) is 5.32 Å². The summed E-state index contributed by atoms with van der Waals surface area (Å²) in [4.78, 5) is 3.50. The third kappa shape index (κ3) is 3.08. The highest BCUT2D eigenvalue weighted by molar-refractivity contribution is 6.76. The number of halogens is 4. The molecule has 0 aromatic heterocycles. The molecule has 0 atom stereocenters. The smallest absolute Gasteiger partial charge is 0.344 e. The number of rotatable bonds is 4. The summed E-state index contributed by atoms with van der Waals surface area (Å²) >= 11 is 11.1. The lowest BCUT2D eigenvalue weighted by molar-refractivity contribution is 0.00658. The summed E-state index contributed by atoms with van der Waals surface area (Å²) < 4.78 is 26.3. The zero-order valence-corrected chi connectivity index (χ0v) is 9.47. The van der Waals surface area contributed by atoms with Crippen LogP contribution < -0.4 is 10.6 Å². The van der Waals surface area contributed by atoms with Gasteiger partial charge in [0.25, 0.3) is 0 Å². The van der Waals surface area contributed by atoms with E-state index in [2.05, 4.69) is 10.3 Å². The van der Waals surface area contributed by atoms with E-state index < -0.39 is 11.7 Å². The molecular weight excluding hydrogens is 235 g/mol. The lowest BCUT2D eigenvalue weighted by Gasteiger charge is -2.19. The molecule has 0 aromatic rings. The highest BCUT2D eigenvalue weighted by atomic mass is 35.5. The molecule has 0 fully saturated rings. The zero-order valence-electron chi connectivity index (χ0n) is 7.96. The number of alkyl halides is 2. The van der Waals surface area contributed by atoms with Crippen LogP contribution in [0.25, 0.3) is 0 Å². The number of nitrogens with zero attached hydrogens (tertiary/aromatic N) is 1. The Hall–Kier alpha value is -0.390. The second-order valence-corrected chi connectivity index (χ2v) is 3.01. The monoisotopic (exact) mass is 245 g/mol. The van der Waals surface area contributed by atoms with Crippen LogP contribution in [-0.4, -0.2) is 32.4 Å². The predicted octanol–water partition coefficient (Wildman–Crippen LogP) is 1.74. The Kier molecular flexibility index (Phi) is 5.33. The molecular formula is C7H11Cl2F2N3. The van der Waals surface area contributed by atoms with E-state index in [1.165, 1.54) is 14.1 Å². The Labute approximate surface area is 91.2 Å². The van der Waals surface area contributed by atoms with Gasteiger partial charge in [-0.05, 0) is 7.05 Å². The van der Waals surface area contributed by atoms with Crippen LogP contribution in [0.2, 0.25) is 0 Å². The Morgan fingerprint density at radius 3 is 2.07 bits per heavy atom. The summed E-state index contributed by atoms with van der Waals surface area (Å²) in [5.41, 5.74) is -0.516. The van der Waals surface area contributed by atoms with Gasteiger partial charge in [-0.2, -0.15) is 8.78 Å². The quantitative estimate of drug-likeness (QED) is 0.585. The van der Waals surface area contributed by atoms with E-state index in [4.69, 9.17) is 23.2 Å². The lowest BCUT2D eigenvalue weighted by Crippen LogP contribution is -2.41. The molecule has 0 heterocycles. The standard InChI is InChI=1S/C7H11Cl2F2N3/c1-12-5(7(10,11)14-3)4(8)6(9)13-2/h12,14H,1-3H3. The molecule has 0 bridgehead atoms. The second-order valence-electron chi connectivity index (χ2n) is 2.28. The molecule has 0 aliphatic heterocycles. The predicted molar refractivity (Wildman–Crippen MR) is 55.2 cm³/mol. The zero-order chi connectivity index (χ0) is 11.4. The highest BCUT2D eigenvalue weighted by Gasteiger charge is 2.34. The van der Waals surface area contributed by atoms with Crippen molar-refractivity contribution in [2.75, 3.05) is 21.1 Å². The van der Waals surface area contributed by atoms with Crippen LogP contribution in [0, 0.1) is 0 Å². The largest absolute Gasteiger partial charge is 0.384 e. The number of hydrogen-bond donors (Lipinski definition) is 2. The van der Waals surface area contributed by atoms with Gasteiger partial charge < -0.3 is 5.32 Å². The fourth-order valence-corrected chi connectivity index (χ4v) is 1.12. The van der Waals surface area contributed by atoms with Crippen LogP contribution in [0.3, 0.4) is 0 Å². The summed E-state index contributed by atoms with van der Waals surface area (Å²) in [6.07, 6.45) is 0. The van der Waals surface area contributed by atoms with E-state index in [0.717, 1.165) is 7.05 Å². The fourth-order valence-electron chi connectivity index (χ4n) is 0.731. The minimum atomic E-state index is -3.27. The molecule has 82 valence electrons. The Morgan fingerprint density at radius 1 is 1.29 bits per heavy atom. The fraction of sp³-hybridized carbons (Fsp3) is 0.571. The van der Waals surface area contributed by atoms with Gasteiger partial charge in [-0.3, -0.25) is 10.3 Å². The van der Waals surface area contributed by atoms with E-state index in [-0.39, 0.29) is 10.2 Å². The SMILES string of the molecule is CN=C(Cl)C(Cl)=C(NC)C(F)(F)NC. The Bertz CT molecular complexity index is 264. The molecule has 3 nitrogen and oxygen atoms in total. The normalized spacial score (nSPS) is 15.2. The van der Waals surface area contributed by atoms with Crippen molar-refractivity contribution in [1.29, 1.82) is 0 Å². The van der Waals surface area contributed by atoms with Gasteiger partial charge in [0.2, 0.25) is 0 Å². The number of aliphatic imine (C=N–C) groups is 1. The summed E-state index contributed by atoms with van der Waals surface area (Å²) in [6.45, 7) is 0. The molecule has 0 amide bonds. The molecule has 0 unspecified atom stereocenters. The summed E-state index contributed by atoms with van der Waals surface area (Å²) in [5.74, 6) is 0. The number of likely N-dealkylation sites (N-methyl/N-ethyl adjacent to an activating group) is 2. The van der Waals surface area contributed by atoms with Crippen molar-refractivity contribution in [3.8, 4) is 0 Å². The van der Waals surface area contributed by atoms with Gasteiger partial charge in [0, 0.05) is 14.1 Å². The van der Waals surface area contributed by atoms with Crippen molar-refractivity contribution >= 4 is 28.4 Å². The van der Waals surface area contributed by atoms with E-state index >= 15 is 0 Å². The molecule has 14 heavy (non-hydrogen) atoms. The molecule has 0 radical (unpaired) electrons. The van der Waals surface area contributed by atoms with Crippen LogP contribution in [0.5, 0.6) is 0 Å². The minimum Gasteiger partial charge on any atom is -0.384 e. The average Bonchev–Trinajstić information content (AvgIpc) is 2.17. The van der Waals surface area contributed by atoms with Gasteiger partial charge in [0.05, 0.1) is 0 Å². The summed E-state index contributed by atoms with van der Waals surface area (Å²) in [6, 6.07) is -3.27. The summed E-state index contributed by atoms with van der Waals surface area (Å²) in [7, 11) is 3.79. The molecule has 0 rings (SSSR count). The third-order valence-electron chi connectivity index (χ3n) is 1.47. The van der Waals surface area contributed by atoms with Gasteiger partial charge in [-0.1, -0.05) is 23.2 Å². The van der Waals surface area contributed by atoms with Crippen molar-refractivity contribution < 1.29 is 8.78 Å². The van der Waals surface area contributed by atoms with E-state index in [0.29, 0.717) is 0 Å². The topological polar surface area (TPSA) is 36.4 Å². The van der Waals surface area contributed by atoms with Gasteiger partial charge in [-0.25, -0.2) is 0 Å². The second kappa shape index (κ2) is 5.48. The average molecular weight is 246 g/mol. The van der Waals surface area contributed by atoms with Crippen molar-refractivity contribution in [2.24, 2.45) is 4.99 Å². The number of nitrogens with one attached hydrogen (secondary N) is 2. The van der Waals surface area contributed by atoms with E-state index in [1.807, 2.05) is 0 Å². The van der Waals surface area contributed by atoms with Gasteiger partial charge in [-0.15, -0.1) is 0 Å². The van der Waals surface area contributed by atoms with Gasteiger partial charge in [0.1, 0.15) is 15.9 Å². The van der Waals surface area contributed by atoms with Crippen molar-refractivity contribution in [1.82, 2.24) is 10.6 Å². The van der Waals surface area contributed by atoms with Gasteiger partial charge in [0.15, 0.2) is 0 Å². The minimum absolute atomic E-state index is 0.175. The van der Waals surface area contributed by atoms with Crippen LogP contribution in [0.4, 0.5) is 8.78 Å². The highest BCUT2D eigenvalue weighted by Crippen LogP contribution is 2.24. The first-order chi connectivity index (χ1) is 6.40. The molecule has 0 aromatic carbocycles. The summed E-state index contributed by atoms with van der Waals surface area (Å²) in [5, 5.41) is 3.59. The molecule has 0 spiro atoms. The van der Waals surface area contributed by atoms with Crippen LogP contribution >= 0.6 is 23.2 Å². The maximum atomic E-state index is 13.1. The maximum absolute atomic E-state index is 13.1. The lowest BCUT2D eigenvalue weighted by atomic mass is 10.3. The number of allylic oxidation sites excluding steroid dienone is 1. The molecule has 0 saturated heterocycles. The first-order valence-electron chi connectivity index (χ1n) is 3.68. The van der Waals surface area contributed by atoms with Crippen LogP contribution in [0.15, 0.2) is 15.7 Å². The molecule has 0 saturated carbocycles. The molecule has 2 N–H and O–H groups in total. The first-order valence-corrected chi connectivity index (χ1v) is 4.43. The first kappa shape index (κ1) is 13.6. The van der Waals surface area contributed by atoms with Crippen molar-refractivity contribution in [2.45, 2.75) is 6.05 Å². The van der Waals surface area contributed by atoms with Crippen molar-refractivity contribution in [3.63, 3.8) is 0 Å². The van der Waals surface area contributed by atoms with Crippen molar-refractivity contribution in [3.05, 3.63) is 10.7 Å². The van der Waals surface area contributed by atoms with Gasteiger partial charge >= 0.3 is 6.05 Å². The molecule has 0 aliphatic rings. The molecule has 7 heteroatoms. The van der Waals surface area contributed by atoms with Crippen LogP contribution in [0.1, 0.15) is 0 Å². The number of hydrogen-bond acceptors (Lipinski definition) is 3. The van der Waals surface area contributed by atoms with E-state index in [9.17, 15) is 8.78 Å². The van der Waals surface area contributed by atoms with Crippen LogP contribution in [-0.2, 0) is 0 Å². The third-order valence-corrected chi connectivity index (χ3v) is 2.30. The molecule has 0 aliphatic carbocycles. The Morgan fingerprint density at radius 2 is 1.79 bits per heavy atom.